The van der Waals surface area contributed by atoms with Crippen molar-refractivity contribution in [1.29, 1.82) is 0 Å². The average molecular weight is 677 g/mol. The van der Waals surface area contributed by atoms with Crippen molar-refractivity contribution in [3.05, 3.63) is 62.3 Å². The number of hydrogen-bond acceptors (Lipinski definition) is 8. The quantitative estimate of drug-likeness (QED) is 0.0616. The van der Waals surface area contributed by atoms with Gasteiger partial charge in [0.1, 0.15) is 0 Å². The maximum atomic E-state index is 13.8. The van der Waals surface area contributed by atoms with E-state index in [1.54, 1.807) is 6.08 Å². The number of rotatable bonds is 17. The predicted octanol–water partition coefficient (Wildman–Crippen LogP) is 6.37. The van der Waals surface area contributed by atoms with E-state index in [0.29, 0.717) is 0 Å². The minimum absolute atomic E-state index is 0.216. The summed E-state index contributed by atoms with van der Waals surface area (Å²) in [4.78, 5) is 54.3. The molecule has 0 aromatic heterocycles. The van der Waals surface area contributed by atoms with Gasteiger partial charge in [0.15, 0.2) is 0 Å². The first-order valence-corrected chi connectivity index (χ1v) is 21.8. The molecule has 0 spiro atoms. The standard InChI is InChI=1S/C20H19O8.3C4H9.Sn/c1-25-16(21)12-15(19(23)27-3)17(20(24)28-4)14(18(22)26-2)11-10-13-8-6-5-7-9-13;3*1-3-4-2;/h5-11H,1-4H3;3*1,3-4H2,2H3;/b11-10+,15-12?,17-14-;;;;. The number of hydrogen-bond donors (Lipinski definition) is 0. The molecule has 41 heavy (non-hydrogen) atoms. The number of carbonyl (C=O) groups excluding carboxylic acids is 4. The van der Waals surface area contributed by atoms with Gasteiger partial charge in [0, 0.05) is 0 Å². The Bertz CT molecular complexity index is 1100. The summed E-state index contributed by atoms with van der Waals surface area (Å²) in [5.41, 5.74) is -0.0725. The molecule has 0 aliphatic carbocycles. The first kappa shape index (κ1) is 36.1. The van der Waals surface area contributed by atoms with Crippen LogP contribution >= 0.6 is 0 Å². The Morgan fingerprint density at radius 3 is 1.49 bits per heavy atom. The Labute approximate surface area is 249 Å². The Morgan fingerprint density at radius 2 is 1.07 bits per heavy atom. The van der Waals surface area contributed by atoms with Crippen LogP contribution in [-0.4, -0.2) is 70.7 Å². The van der Waals surface area contributed by atoms with Gasteiger partial charge in [-0.3, -0.25) is 0 Å². The number of methoxy groups -OCH3 is 4. The van der Waals surface area contributed by atoms with Crippen LogP contribution in [0.1, 0.15) is 64.9 Å². The zero-order valence-electron chi connectivity index (χ0n) is 25.7. The van der Waals surface area contributed by atoms with Gasteiger partial charge in [-0.15, -0.1) is 0 Å². The van der Waals surface area contributed by atoms with Crippen LogP contribution in [0.4, 0.5) is 0 Å². The van der Waals surface area contributed by atoms with Gasteiger partial charge in [-0.25, -0.2) is 0 Å². The van der Waals surface area contributed by atoms with E-state index in [1.807, 2.05) is 30.3 Å². The fraction of sp³-hybridized carbons (Fsp3) is 0.500. The Morgan fingerprint density at radius 1 is 0.634 bits per heavy atom. The van der Waals surface area contributed by atoms with Gasteiger partial charge in [-0.05, 0) is 0 Å². The molecule has 0 atom stereocenters. The minimum atomic E-state index is -3.86. The average Bonchev–Trinajstić information content (AvgIpc) is 3.01. The fourth-order valence-electron chi connectivity index (χ4n) is 4.97. The summed E-state index contributed by atoms with van der Waals surface area (Å²) in [6, 6.07) is 9.15. The van der Waals surface area contributed by atoms with Crippen molar-refractivity contribution in [1.82, 2.24) is 0 Å². The second-order valence-corrected chi connectivity index (χ2v) is 22.9. The second kappa shape index (κ2) is 19.3. The number of ether oxygens (including phenoxy) is 4. The van der Waals surface area contributed by atoms with E-state index in [2.05, 4.69) is 20.8 Å². The normalized spacial score (nSPS) is 12.8. The van der Waals surface area contributed by atoms with Crippen molar-refractivity contribution in [2.24, 2.45) is 0 Å². The van der Waals surface area contributed by atoms with Crippen molar-refractivity contribution < 1.29 is 38.1 Å². The van der Waals surface area contributed by atoms with E-state index in [9.17, 15) is 19.2 Å². The maximum absolute atomic E-state index is 13.8. The Hall–Kier alpha value is -2.88. The fourth-order valence-corrected chi connectivity index (χ4v) is 21.8. The zero-order valence-corrected chi connectivity index (χ0v) is 28.5. The summed E-state index contributed by atoms with van der Waals surface area (Å²) >= 11 is -3.86. The zero-order chi connectivity index (χ0) is 30.8. The van der Waals surface area contributed by atoms with Crippen LogP contribution < -0.4 is 0 Å². The third-order valence-corrected chi connectivity index (χ3v) is 22.7. The molecular formula is C32H46O8Sn. The van der Waals surface area contributed by atoms with E-state index < -0.39 is 42.3 Å². The van der Waals surface area contributed by atoms with E-state index >= 15 is 0 Å². The summed E-state index contributed by atoms with van der Waals surface area (Å²) < 4.78 is 23.3. The molecule has 8 nitrogen and oxygen atoms in total. The predicted molar refractivity (Wildman–Crippen MR) is 162 cm³/mol. The van der Waals surface area contributed by atoms with E-state index in [0.717, 1.165) is 64.5 Å². The molecule has 226 valence electrons. The van der Waals surface area contributed by atoms with E-state index in [1.165, 1.54) is 27.4 Å². The van der Waals surface area contributed by atoms with Gasteiger partial charge < -0.3 is 0 Å². The van der Waals surface area contributed by atoms with Crippen molar-refractivity contribution in [2.75, 3.05) is 28.4 Å². The van der Waals surface area contributed by atoms with Crippen LogP contribution in [-0.2, 0) is 38.1 Å². The van der Waals surface area contributed by atoms with Crippen LogP contribution in [0, 0.1) is 0 Å². The molecule has 0 aliphatic heterocycles. The molecule has 0 amide bonds. The summed E-state index contributed by atoms with van der Waals surface area (Å²) in [5, 5.41) is 0. The number of unbranched alkanes of at least 4 members (excludes halogenated alkanes) is 3. The Balaban J connectivity index is 4.46. The number of benzene rings is 1. The van der Waals surface area contributed by atoms with Crippen LogP contribution in [0.2, 0.25) is 13.3 Å². The molecule has 0 saturated carbocycles. The molecule has 0 unspecified atom stereocenters. The first-order valence-electron chi connectivity index (χ1n) is 14.3. The summed E-state index contributed by atoms with van der Waals surface area (Å²) in [7, 11) is 4.80. The van der Waals surface area contributed by atoms with E-state index in [4.69, 9.17) is 18.9 Å². The van der Waals surface area contributed by atoms with Gasteiger partial charge in [0.05, 0.1) is 0 Å². The van der Waals surface area contributed by atoms with Crippen LogP contribution in [0.5, 0.6) is 0 Å². The van der Waals surface area contributed by atoms with Gasteiger partial charge in [-0.1, -0.05) is 0 Å². The molecular weight excluding hydrogens is 631 g/mol. The SMILES string of the molecule is CCC[CH2][Sn]([CH2]CCC)([CH2]CCC)\[C](C(=O)OC)=C(C(=O)OC)/C(C(=O)OC)=C(\C=C\c1ccccc1)C(=O)OC. The summed E-state index contributed by atoms with van der Waals surface area (Å²) in [6.45, 7) is 6.26. The van der Waals surface area contributed by atoms with Crippen molar-refractivity contribution in [3.8, 4) is 0 Å². The molecule has 9 heteroatoms. The first-order chi connectivity index (χ1) is 19.7. The molecule has 1 aromatic rings. The van der Waals surface area contributed by atoms with Crippen LogP contribution in [0.15, 0.2) is 56.7 Å². The monoisotopic (exact) mass is 678 g/mol. The van der Waals surface area contributed by atoms with E-state index in [-0.39, 0.29) is 20.3 Å². The molecule has 1 rings (SSSR count). The molecule has 0 heterocycles. The number of carbonyl (C=O) groups is 4. The summed E-state index contributed by atoms with van der Waals surface area (Å²) in [5.74, 6) is -3.38. The van der Waals surface area contributed by atoms with Crippen LogP contribution in [0.25, 0.3) is 6.08 Å². The van der Waals surface area contributed by atoms with Gasteiger partial charge in [0.2, 0.25) is 0 Å². The van der Waals surface area contributed by atoms with Crippen molar-refractivity contribution >= 4 is 48.3 Å². The second-order valence-electron chi connectivity index (χ2n) is 9.84. The number of esters is 4. The van der Waals surface area contributed by atoms with Crippen molar-refractivity contribution in [3.63, 3.8) is 0 Å². The van der Waals surface area contributed by atoms with Gasteiger partial charge in [-0.2, -0.15) is 0 Å². The molecule has 1 aromatic carbocycles. The van der Waals surface area contributed by atoms with Crippen LogP contribution in [0.3, 0.4) is 0 Å². The third-order valence-electron chi connectivity index (χ3n) is 7.14. The molecule has 0 fully saturated rings. The Kier molecular flexibility index (Phi) is 17.0. The molecule has 0 saturated heterocycles. The molecule has 0 radical (unpaired) electrons. The third kappa shape index (κ3) is 10.2. The van der Waals surface area contributed by atoms with Crippen molar-refractivity contribution in [2.45, 2.75) is 72.6 Å². The topological polar surface area (TPSA) is 105 Å². The van der Waals surface area contributed by atoms with Gasteiger partial charge in [0.25, 0.3) is 0 Å². The van der Waals surface area contributed by atoms with Gasteiger partial charge >= 0.3 is 250 Å². The summed E-state index contributed by atoms with van der Waals surface area (Å²) in [6.07, 6.45) is 8.37. The molecule has 0 N–H and O–H groups in total. The molecule has 0 aliphatic rings. The molecule has 0 bridgehead atoms.